The molecule has 19 heavy (non-hydrogen) atoms. The van der Waals surface area contributed by atoms with Gasteiger partial charge in [-0.15, -0.1) is 11.3 Å². The number of likely N-dealkylation sites (N-methyl/N-ethyl adjacent to an activating group) is 1. The van der Waals surface area contributed by atoms with Gasteiger partial charge in [-0.05, 0) is 44.0 Å². The third-order valence-electron chi connectivity index (χ3n) is 3.48. The highest BCUT2D eigenvalue weighted by Gasteiger charge is 2.22. The van der Waals surface area contributed by atoms with E-state index in [-0.39, 0.29) is 12.1 Å². The Bertz CT molecular complexity index is 560. The fraction of sp³-hybridized carbons (Fsp3) is 0.400. The van der Waals surface area contributed by atoms with Crippen molar-refractivity contribution < 1.29 is 9.53 Å². The molecule has 1 aromatic carbocycles. The third-order valence-corrected chi connectivity index (χ3v) is 4.58. The second kappa shape index (κ2) is 5.31. The lowest BCUT2D eigenvalue weighted by molar-refractivity contribution is 0.0114. The average molecular weight is 275 g/mol. The molecule has 3 nitrogen and oxygen atoms in total. The molecule has 0 bridgehead atoms. The number of carbonyl (C=O) groups is 1. The number of hydrogen-bond acceptors (Lipinski definition) is 4. The number of thiophene rings is 1. The van der Waals surface area contributed by atoms with Crippen molar-refractivity contribution >= 4 is 27.4 Å². The molecule has 0 spiro atoms. The molecule has 0 saturated carbocycles. The van der Waals surface area contributed by atoms with Crippen molar-refractivity contribution in [3.8, 4) is 0 Å². The molecule has 0 N–H and O–H groups in total. The largest absolute Gasteiger partial charge is 0.457 e. The molecule has 4 heteroatoms. The van der Waals surface area contributed by atoms with Gasteiger partial charge in [0, 0.05) is 11.2 Å². The molecule has 1 atom stereocenters. The lowest BCUT2D eigenvalue weighted by atomic mass is 10.1. The van der Waals surface area contributed by atoms with E-state index in [1.54, 1.807) is 0 Å². The van der Waals surface area contributed by atoms with Crippen molar-refractivity contribution in [3.63, 3.8) is 0 Å². The predicted octanol–water partition coefficient (Wildman–Crippen LogP) is 3.15. The van der Waals surface area contributed by atoms with Crippen LogP contribution in [0, 0.1) is 0 Å². The van der Waals surface area contributed by atoms with Gasteiger partial charge in [-0.25, -0.2) is 4.79 Å². The standard InChI is InChI=1S/C15H17NO2S/c1-16-8-4-6-12(10-16)18-15(17)14-9-11-5-2-3-7-13(11)19-14/h2-3,5,7,9,12H,4,6,8,10H2,1H3/t12-/m0/s1. The van der Waals surface area contributed by atoms with Gasteiger partial charge in [-0.3, -0.25) is 0 Å². The first-order chi connectivity index (χ1) is 9.22. The number of likely N-dealkylation sites (tertiary alicyclic amines) is 1. The van der Waals surface area contributed by atoms with E-state index >= 15 is 0 Å². The highest BCUT2D eigenvalue weighted by atomic mass is 32.1. The smallest absolute Gasteiger partial charge is 0.348 e. The molecule has 0 amide bonds. The van der Waals surface area contributed by atoms with E-state index in [1.807, 2.05) is 30.3 Å². The summed E-state index contributed by atoms with van der Waals surface area (Å²) >= 11 is 1.51. The van der Waals surface area contributed by atoms with Gasteiger partial charge >= 0.3 is 5.97 Å². The Balaban J connectivity index is 1.72. The molecule has 1 fully saturated rings. The van der Waals surface area contributed by atoms with Gasteiger partial charge in [0.2, 0.25) is 0 Å². The highest BCUT2D eigenvalue weighted by molar-refractivity contribution is 7.20. The summed E-state index contributed by atoms with van der Waals surface area (Å²) in [7, 11) is 2.07. The highest BCUT2D eigenvalue weighted by Crippen LogP contribution is 2.26. The van der Waals surface area contributed by atoms with Crippen LogP contribution < -0.4 is 0 Å². The molecular formula is C15H17NO2S. The Morgan fingerprint density at radius 2 is 2.26 bits per heavy atom. The van der Waals surface area contributed by atoms with Gasteiger partial charge in [0.25, 0.3) is 0 Å². The van der Waals surface area contributed by atoms with Gasteiger partial charge in [0.1, 0.15) is 11.0 Å². The van der Waals surface area contributed by atoms with Crippen LogP contribution in [0.1, 0.15) is 22.5 Å². The summed E-state index contributed by atoms with van der Waals surface area (Å²) in [5.41, 5.74) is 0. The SMILES string of the molecule is CN1CCC[C@H](OC(=O)c2cc3ccccc3s2)C1. The van der Waals surface area contributed by atoms with Crippen LogP contribution in [0.25, 0.3) is 10.1 Å². The van der Waals surface area contributed by atoms with Crippen molar-refractivity contribution in [2.24, 2.45) is 0 Å². The Kier molecular flexibility index (Phi) is 3.53. The van der Waals surface area contributed by atoms with E-state index in [1.165, 1.54) is 11.3 Å². The molecule has 2 heterocycles. The number of carbonyl (C=O) groups excluding carboxylic acids is 1. The number of esters is 1. The zero-order valence-corrected chi connectivity index (χ0v) is 11.8. The Morgan fingerprint density at radius 3 is 3.05 bits per heavy atom. The van der Waals surface area contributed by atoms with Crippen molar-refractivity contribution in [3.05, 3.63) is 35.2 Å². The second-order valence-electron chi connectivity index (χ2n) is 5.08. The van der Waals surface area contributed by atoms with Crippen LogP contribution in [0.3, 0.4) is 0 Å². The quantitative estimate of drug-likeness (QED) is 0.789. The lowest BCUT2D eigenvalue weighted by Crippen LogP contribution is -2.38. The van der Waals surface area contributed by atoms with E-state index in [0.717, 1.165) is 36.0 Å². The number of ether oxygens (including phenoxy) is 1. The summed E-state index contributed by atoms with van der Waals surface area (Å²) in [6.45, 7) is 1.94. The van der Waals surface area contributed by atoms with E-state index in [4.69, 9.17) is 4.74 Å². The minimum Gasteiger partial charge on any atom is -0.457 e. The molecule has 100 valence electrons. The Morgan fingerprint density at radius 1 is 1.42 bits per heavy atom. The first kappa shape index (κ1) is 12.6. The molecule has 1 aliphatic heterocycles. The number of fused-ring (bicyclic) bond motifs is 1. The van der Waals surface area contributed by atoms with Crippen LogP contribution in [0.5, 0.6) is 0 Å². The van der Waals surface area contributed by atoms with Crippen LogP contribution in [0.4, 0.5) is 0 Å². The second-order valence-corrected chi connectivity index (χ2v) is 6.16. The van der Waals surface area contributed by atoms with Gasteiger partial charge < -0.3 is 9.64 Å². The number of hydrogen-bond donors (Lipinski definition) is 0. The fourth-order valence-corrected chi connectivity index (χ4v) is 3.45. The van der Waals surface area contributed by atoms with Crippen molar-refractivity contribution in [2.45, 2.75) is 18.9 Å². The van der Waals surface area contributed by atoms with E-state index in [9.17, 15) is 4.79 Å². The molecule has 0 radical (unpaired) electrons. The summed E-state index contributed by atoms with van der Waals surface area (Å²) < 4.78 is 6.74. The summed E-state index contributed by atoms with van der Waals surface area (Å²) in [6.07, 6.45) is 2.11. The summed E-state index contributed by atoms with van der Waals surface area (Å²) in [5.74, 6) is -0.179. The fourth-order valence-electron chi connectivity index (χ4n) is 2.51. The Labute approximate surface area is 116 Å². The number of nitrogens with zero attached hydrogens (tertiary/aromatic N) is 1. The topological polar surface area (TPSA) is 29.5 Å². The van der Waals surface area contributed by atoms with Crippen molar-refractivity contribution in [2.75, 3.05) is 20.1 Å². The molecule has 3 rings (SSSR count). The molecule has 2 aromatic rings. The minimum absolute atomic E-state index is 0.0384. The summed E-state index contributed by atoms with van der Waals surface area (Å²) in [5, 5.41) is 1.11. The average Bonchev–Trinajstić information content (AvgIpc) is 2.82. The number of benzene rings is 1. The zero-order chi connectivity index (χ0) is 13.2. The predicted molar refractivity (Wildman–Crippen MR) is 77.8 cm³/mol. The lowest BCUT2D eigenvalue weighted by Gasteiger charge is -2.29. The van der Waals surface area contributed by atoms with Crippen molar-refractivity contribution in [1.82, 2.24) is 4.90 Å². The molecule has 0 unspecified atom stereocenters. The molecule has 0 aliphatic carbocycles. The van der Waals surface area contributed by atoms with Gasteiger partial charge in [-0.1, -0.05) is 18.2 Å². The summed E-state index contributed by atoms with van der Waals surface area (Å²) in [6, 6.07) is 9.96. The van der Waals surface area contributed by atoms with Crippen LogP contribution >= 0.6 is 11.3 Å². The molecule has 1 aliphatic rings. The monoisotopic (exact) mass is 275 g/mol. The van der Waals surface area contributed by atoms with Crippen LogP contribution in [-0.4, -0.2) is 37.1 Å². The molecule has 1 aromatic heterocycles. The zero-order valence-electron chi connectivity index (χ0n) is 11.0. The molecule has 1 saturated heterocycles. The van der Waals surface area contributed by atoms with E-state index in [2.05, 4.69) is 11.9 Å². The Hall–Kier alpha value is -1.39. The third kappa shape index (κ3) is 2.80. The van der Waals surface area contributed by atoms with Gasteiger partial charge in [0.15, 0.2) is 0 Å². The minimum atomic E-state index is -0.179. The maximum atomic E-state index is 12.2. The first-order valence-electron chi connectivity index (χ1n) is 6.60. The summed E-state index contributed by atoms with van der Waals surface area (Å²) in [4.78, 5) is 15.1. The van der Waals surface area contributed by atoms with E-state index in [0.29, 0.717) is 4.88 Å². The van der Waals surface area contributed by atoms with Crippen molar-refractivity contribution in [1.29, 1.82) is 0 Å². The molecular weight excluding hydrogens is 258 g/mol. The normalized spacial score (nSPS) is 20.6. The van der Waals surface area contributed by atoms with Crippen LogP contribution in [0.2, 0.25) is 0 Å². The van der Waals surface area contributed by atoms with Gasteiger partial charge in [0.05, 0.1) is 0 Å². The van der Waals surface area contributed by atoms with Crippen LogP contribution in [-0.2, 0) is 4.74 Å². The first-order valence-corrected chi connectivity index (χ1v) is 7.42. The van der Waals surface area contributed by atoms with E-state index < -0.39 is 0 Å². The number of piperidine rings is 1. The number of rotatable bonds is 2. The van der Waals surface area contributed by atoms with Gasteiger partial charge in [-0.2, -0.15) is 0 Å². The maximum Gasteiger partial charge on any atom is 0.348 e. The van der Waals surface area contributed by atoms with Crippen LogP contribution in [0.15, 0.2) is 30.3 Å². The maximum absolute atomic E-state index is 12.2.